The summed E-state index contributed by atoms with van der Waals surface area (Å²) in [5.41, 5.74) is 7.40. The number of anilines is 2. The van der Waals surface area contributed by atoms with Crippen molar-refractivity contribution in [3.8, 4) is 0 Å². The van der Waals surface area contributed by atoms with Crippen molar-refractivity contribution in [2.45, 2.75) is 11.8 Å². The summed E-state index contributed by atoms with van der Waals surface area (Å²) in [7, 11) is -4.02. The lowest BCUT2D eigenvalue weighted by Gasteiger charge is -2.26. The van der Waals surface area contributed by atoms with E-state index in [1.807, 2.05) is 0 Å². The minimum Gasteiger partial charge on any atom is -0.399 e. The number of nitrogens with zero attached hydrogens (tertiary/aromatic N) is 1. The number of halogens is 1. The summed E-state index contributed by atoms with van der Waals surface area (Å²) >= 11 is 0. The number of rotatable bonds is 4. The molecule has 0 bridgehead atoms. The van der Waals surface area contributed by atoms with Crippen LogP contribution in [-0.2, 0) is 14.8 Å². The Bertz CT molecular complexity index is 973. The predicted molar refractivity (Wildman–Crippen MR) is 99.5 cm³/mol. The number of carbonyl (C=O) groups excluding carboxylic acids is 1. The van der Waals surface area contributed by atoms with Crippen LogP contribution in [-0.4, -0.2) is 44.9 Å². The molecule has 0 saturated carbocycles. The number of hydrogen-bond acceptors (Lipinski definition) is 5. The molecule has 144 valence electrons. The highest BCUT2D eigenvalue weighted by Gasteiger charge is 2.29. The largest absolute Gasteiger partial charge is 0.399 e. The van der Waals surface area contributed by atoms with E-state index in [1.165, 1.54) is 16.4 Å². The number of hydrogen-bond donors (Lipinski definition) is 2. The number of nitrogens with one attached hydrogen (secondary N) is 1. The summed E-state index contributed by atoms with van der Waals surface area (Å²) in [5, 5.41) is 2.60. The van der Waals surface area contributed by atoms with Crippen LogP contribution in [0.1, 0.15) is 15.9 Å². The Kier molecular flexibility index (Phi) is 5.45. The SMILES string of the molecule is Cc1ccc(N)cc1C(=O)Nc1ccc(F)c(S(=O)(=O)N2CCOCC2)c1. The Morgan fingerprint density at radius 3 is 2.59 bits per heavy atom. The third-order valence-corrected chi connectivity index (χ3v) is 6.20. The zero-order chi connectivity index (χ0) is 19.6. The van der Waals surface area contributed by atoms with E-state index in [0.29, 0.717) is 16.8 Å². The zero-order valence-corrected chi connectivity index (χ0v) is 15.6. The number of sulfonamides is 1. The van der Waals surface area contributed by atoms with Crippen molar-refractivity contribution in [2.24, 2.45) is 0 Å². The Morgan fingerprint density at radius 1 is 1.19 bits per heavy atom. The normalized spacial score (nSPS) is 15.5. The highest BCUT2D eigenvalue weighted by atomic mass is 32.2. The maximum absolute atomic E-state index is 14.2. The van der Waals surface area contributed by atoms with Crippen molar-refractivity contribution in [1.82, 2.24) is 4.31 Å². The molecule has 7 nitrogen and oxygen atoms in total. The fourth-order valence-corrected chi connectivity index (χ4v) is 4.29. The standard InChI is InChI=1S/C18H20FN3O4S/c1-12-2-3-13(20)10-15(12)18(23)21-14-4-5-16(19)17(11-14)27(24,25)22-6-8-26-9-7-22/h2-5,10-11H,6-9,20H2,1H3,(H,21,23). The average Bonchev–Trinajstić information content (AvgIpc) is 2.65. The first-order valence-corrected chi connectivity index (χ1v) is 9.78. The van der Waals surface area contributed by atoms with Gasteiger partial charge in [-0.3, -0.25) is 4.79 Å². The topological polar surface area (TPSA) is 102 Å². The molecule has 27 heavy (non-hydrogen) atoms. The molecule has 2 aromatic rings. The van der Waals surface area contributed by atoms with Crippen molar-refractivity contribution >= 4 is 27.3 Å². The third kappa shape index (κ3) is 4.10. The maximum atomic E-state index is 14.2. The summed E-state index contributed by atoms with van der Waals surface area (Å²) in [6, 6.07) is 8.38. The van der Waals surface area contributed by atoms with Crippen molar-refractivity contribution in [3.63, 3.8) is 0 Å². The molecule has 0 aromatic heterocycles. The molecule has 1 fully saturated rings. The van der Waals surface area contributed by atoms with Crippen LogP contribution in [0, 0.1) is 12.7 Å². The molecule has 2 aromatic carbocycles. The molecule has 0 atom stereocenters. The van der Waals surface area contributed by atoms with Crippen LogP contribution in [0.4, 0.5) is 15.8 Å². The van der Waals surface area contributed by atoms with Crippen LogP contribution in [0.5, 0.6) is 0 Å². The smallest absolute Gasteiger partial charge is 0.256 e. The van der Waals surface area contributed by atoms with Gasteiger partial charge in [0.25, 0.3) is 5.91 Å². The van der Waals surface area contributed by atoms with Gasteiger partial charge in [0.05, 0.1) is 13.2 Å². The van der Waals surface area contributed by atoms with Crippen molar-refractivity contribution < 1.29 is 22.3 Å². The second kappa shape index (κ2) is 7.63. The molecular formula is C18H20FN3O4S. The van der Waals surface area contributed by atoms with E-state index in [2.05, 4.69) is 5.32 Å². The van der Waals surface area contributed by atoms with Crippen molar-refractivity contribution in [3.05, 3.63) is 53.3 Å². The van der Waals surface area contributed by atoms with E-state index in [9.17, 15) is 17.6 Å². The second-order valence-electron chi connectivity index (χ2n) is 6.19. The molecule has 3 N–H and O–H groups in total. The molecule has 1 aliphatic heterocycles. The lowest BCUT2D eigenvalue weighted by Crippen LogP contribution is -2.40. The molecule has 1 heterocycles. The van der Waals surface area contributed by atoms with Crippen LogP contribution < -0.4 is 11.1 Å². The van der Waals surface area contributed by atoms with Crippen LogP contribution in [0.15, 0.2) is 41.3 Å². The molecule has 0 radical (unpaired) electrons. The fraction of sp³-hybridized carbons (Fsp3) is 0.278. The Morgan fingerprint density at radius 2 is 1.89 bits per heavy atom. The molecule has 9 heteroatoms. The average molecular weight is 393 g/mol. The number of nitrogen functional groups attached to an aromatic ring is 1. The van der Waals surface area contributed by atoms with Crippen LogP contribution in [0.25, 0.3) is 0 Å². The minimum absolute atomic E-state index is 0.154. The van der Waals surface area contributed by atoms with Gasteiger partial charge in [-0.05, 0) is 42.8 Å². The summed E-state index contributed by atoms with van der Waals surface area (Å²) in [5.74, 6) is -1.33. The lowest BCUT2D eigenvalue weighted by atomic mass is 10.1. The van der Waals surface area contributed by atoms with Crippen LogP contribution in [0.3, 0.4) is 0 Å². The fourth-order valence-electron chi connectivity index (χ4n) is 2.79. The van der Waals surface area contributed by atoms with E-state index in [1.54, 1.807) is 19.1 Å². The number of aryl methyl sites for hydroxylation is 1. The van der Waals surface area contributed by atoms with Gasteiger partial charge in [0, 0.05) is 30.0 Å². The number of carbonyl (C=O) groups is 1. The lowest BCUT2D eigenvalue weighted by molar-refractivity contribution is 0.0729. The first-order chi connectivity index (χ1) is 12.8. The van der Waals surface area contributed by atoms with Crippen molar-refractivity contribution in [1.29, 1.82) is 0 Å². The van der Waals surface area contributed by atoms with Crippen molar-refractivity contribution in [2.75, 3.05) is 37.4 Å². The van der Waals surface area contributed by atoms with E-state index in [4.69, 9.17) is 10.5 Å². The first-order valence-electron chi connectivity index (χ1n) is 8.34. The Labute approximate surface area is 157 Å². The monoisotopic (exact) mass is 393 g/mol. The number of amides is 1. The molecule has 0 unspecified atom stereocenters. The number of nitrogens with two attached hydrogens (primary N) is 1. The predicted octanol–water partition coefficient (Wildman–Crippen LogP) is 1.99. The molecule has 0 spiro atoms. The second-order valence-corrected chi connectivity index (χ2v) is 8.10. The number of ether oxygens (including phenoxy) is 1. The number of morpholine rings is 1. The van der Waals surface area contributed by atoms with E-state index in [-0.39, 0.29) is 32.0 Å². The van der Waals surface area contributed by atoms with Gasteiger partial charge in [0.2, 0.25) is 10.0 Å². The van der Waals surface area contributed by atoms with Crippen LogP contribution >= 0.6 is 0 Å². The Balaban J connectivity index is 1.89. The highest BCUT2D eigenvalue weighted by Crippen LogP contribution is 2.24. The van der Waals surface area contributed by atoms with Gasteiger partial charge in [-0.1, -0.05) is 6.07 Å². The summed E-state index contributed by atoms with van der Waals surface area (Å²) in [6.07, 6.45) is 0. The molecule has 3 rings (SSSR count). The van der Waals surface area contributed by atoms with Gasteiger partial charge in [-0.2, -0.15) is 4.31 Å². The summed E-state index contributed by atoms with van der Waals surface area (Å²) in [4.78, 5) is 12.0. The molecule has 1 saturated heterocycles. The van der Waals surface area contributed by atoms with Gasteiger partial charge in [0.15, 0.2) is 0 Å². The summed E-state index contributed by atoms with van der Waals surface area (Å²) in [6.45, 7) is 2.58. The van der Waals surface area contributed by atoms with E-state index in [0.717, 1.165) is 12.1 Å². The van der Waals surface area contributed by atoms with Gasteiger partial charge >= 0.3 is 0 Å². The maximum Gasteiger partial charge on any atom is 0.256 e. The third-order valence-electron chi connectivity index (χ3n) is 4.28. The van der Waals surface area contributed by atoms with Gasteiger partial charge in [-0.15, -0.1) is 0 Å². The molecule has 1 aliphatic rings. The first kappa shape index (κ1) is 19.3. The van der Waals surface area contributed by atoms with Gasteiger partial charge in [-0.25, -0.2) is 12.8 Å². The number of benzene rings is 2. The van der Waals surface area contributed by atoms with E-state index < -0.39 is 26.6 Å². The van der Waals surface area contributed by atoms with Crippen LogP contribution in [0.2, 0.25) is 0 Å². The quantitative estimate of drug-likeness (QED) is 0.774. The van der Waals surface area contributed by atoms with E-state index >= 15 is 0 Å². The molecular weight excluding hydrogens is 373 g/mol. The Hall–Kier alpha value is -2.49. The summed E-state index contributed by atoms with van der Waals surface area (Å²) < 4.78 is 46.0. The van der Waals surface area contributed by atoms with Gasteiger partial charge in [0.1, 0.15) is 10.7 Å². The zero-order valence-electron chi connectivity index (χ0n) is 14.7. The molecule has 1 amide bonds. The highest BCUT2D eigenvalue weighted by molar-refractivity contribution is 7.89. The minimum atomic E-state index is -4.02. The van der Waals surface area contributed by atoms with Gasteiger partial charge < -0.3 is 15.8 Å². The molecule has 0 aliphatic carbocycles.